The van der Waals surface area contributed by atoms with Gasteiger partial charge in [-0.25, -0.2) is 9.97 Å². The van der Waals surface area contributed by atoms with Crippen molar-refractivity contribution in [2.24, 2.45) is 5.16 Å². The van der Waals surface area contributed by atoms with Crippen LogP contribution in [0, 0.1) is 6.92 Å². The van der Waals surface area contributed by atoms with Crippen LogP contribution in [-0.2, 0) is 0 Å². The Morgan fingerprint density at radius 2 is 2.16 bits per heavy atom. The summed E-state index contributed by atoms with van der Waals surface area (Å²) in [5, 5.41) is 5.90. The summed E-state index contributed by atoms with van der Waals surface area (Å²) in [4.78, 5) is 23.4. The highest BCUT2D eigenvalue weighted by atomic mass is 35.5. The first-order valence-electron chi connectivity index (χ1n) is 7.25. The minimum absolute atomic E-state index is 0.304. The summed E-state index contributed by atoms with van der Waals surface area (Å²) in [5.74, 6) is 0.304. The molecule has 0 aliphatic heterocycles. The third kappa shape index (κ3) is 4.33. The van der Waals surface area contributed by atoms with Gasteiger partial charge in [0.25, 0.3) is 5.88 Å². The third-order valence-corrected chi connectivity index (χ3v) is 5.20. The standard InChI is InChI=1S/C16H14ClN5OS2/c1-9-14(25-15(19-9)11-5-4-6-18-8-11)10(2)22-23-13-7-12(17)20-16(21-13)24-3/h4-8H,1-3H3/b22-10+. The zero-order chi connectivity index (χ0) is 17.8. The number of thioether (sulfide) groups is 1. The maximum Gasteiger partial charge on any atom is 0.254 e. The number of aromatic nitrogens is 4. The van der Waals surface area contributed by atoms with Crippen molar-refractivity contribution in [3.63, 3.8) is 0 Å². The van der Waals surface area contributed by atoms with E-state index in [0.29, 0.717) is 21.9 Å². The van der Waals surface area contributed by atoms with E-state index < -0.39 is 0 Å². The molecule has 3 aromatic rings. The van der Waals surface area contributed by atoms with Crippen LogP contribution >= 0.6 is 34.7 Å². The topological polar surface area (TPSA) is 73.2 Å². The molecule has 0 unspecified atom stereocenters. The quantitative estimate of drug-likeness (QED) is 0.210. The van der Waals surface area contributed by atoms with Gasteiger partial charge in [-0.1, -0.05) is 28.5 Å². The molecule has 0 atom stereocenters. The summed E-state index contributed by atoms with van der Waals surface area (Å²) in [5.41, 5.74) is 2.58. The Kier molecular flexibility index (Phi) is 5.62. The summed E-state index contributed by atoms with van der Waals surface area (Å²) in [6.45, 7) is 3.81. The highest BCUT2D eigenvalue weighted by Gasteiger charge is 2.13. The van der Waals surface area contributed by atoms with Crippen LogP contribution in [0.2, 0.25) is 5.15 Å². The molecule has 3 aromatic heterocycles. The van der Waals surface area contributed by atoms with Crippen molar-refractivity contribution in [3.8, 4) is 16.5 Å². The zero-order valence-corrected chi connectivity index (χ0v) is 16.1. The molecule has 25 heavy (non-hydrogen) atoms. The van der Waals surface area contributed by atoms with E-state index in [-0.39, 0.29) is 0 Å². The van der Waals surface area contributed by atoms with Crippen molar-refractivity contribution in [1.82, 2.24) is 19.9 Å². The van der Waals surface area contributed by atoms with Gasteiger partial charge in [0.15, 0.2) is 5.16 Å². The molecule has 128 valence electrons. The normalized spacial score (nSPS) is 11.6. The predicted octanol–water partition coefficient (Wildman–Crippen LogP) is 4.48. The molecule has 0 aliphatic rings. The second-order valence-corrected chi connectivity index (χ2v) is 7.12. The fourth-order valence-corrected chi connectivity index (χ4v) is 3.60. The first kappa shape index (κ1) is 17.8. The van der Waals surface area contributed by atoms with Gasteiger partial charge in [-0.2, -0.15) is 4.98 Å². The number of thiazole rings is 1. The van der Waals surface area contributed by atoms with Gasteiger partial charge in [-0.3, -0.25) is 4.98 Å². The average molecular weight is 392 g/mol. The Morgan fingerprint density at radius 1 is 1.32 bits per heavy atom. The number of rotatable bonds is 5. The highest BCUT2D eigenvalue weighted by Crippen LogP contribution is 2.28. The van der Waals surface area contributed by atoms with Gasteiger partial charge in [-0.15, -0.1) is 11.3 Å². The van der Waals surface area contributed by atoms with Crippen LogP contribution in [0.15, 0.2) is 40.9 Å². The van der Waals surface area contributed by atoms with E-state index in [1.807, 2.05) is 32.2 Å². The van der Waals surface area contributed by atoms with Gasteiger partial charge in [0, 0.05) is 24.0 Å². The van der Waals surface area contributed by atoms with E-state index in [1.165, 1.54) is 17.8 Å². The van der Waals surface area contributed by atoms with Crippen molar-refractivity contribution in [1.29, 1.82) is 0 Å². The van der Waals surface area contributed by atoms with Crippen LogP contribution < -0.4 is 4.84 Å². The number of nitrogens with zero attached hydrogens (tertiary/aromatic N) is 5. The number of pyridine rings is 1. The third-order valence-electron chi connectivity index (χ3n) is 3.14. The lowest BCUT2D eigenvalue weighted by Gasteiger charge is -2.02. The van der Waals surface area contributed by atoms with Gasteiger partial charge >= 0.3 is 0 Å². The van der Waals surface area contributed by atoms with Crippen molar-refractivity contribution in [3.05, 3.63) is 46.3 Å². The molecular weight excluding hydrogens is 378 g/mol. The van der Waals surface area contributed by atoms with Crippen LogP contribution in [0.4, 0.5) is 0 Å². The first-order chi connectivity index (χ1) is 12.1. The molecule has 3 heterocycles. The largest absolute Gasteiger partial charge is 0.336 e. The van der Waals surface area contributed by atoms with Crippen LogP contribution in [0.25, 0.3) is 10.6 Å². The average Bonchev–Trinajstić information content (AvgIpc) is 3.02. The summed E-state index contributed by atoms with van der Waals surface area (Å²) in [6.07, 6.45) is 5.39. The fraction of sp³-hybridized carbons (Fsp3) is 0.188. The van der Waals surface area contributed by atoms with E-state index in [1.54, 1.807) is 23.7 Å². The smallest absolute Gasteiger partial charge is 0.254 e. The molecule has 0 spiro atoms. The number of aryl methyl sites for hydroxylation is 1. The molecule has 0 radical (unpaired) electrons. The summed E-state index contributed by atoms with van der Waals surface area (Å²) >= 11 is 8.87. The Bertz CT molecular complexity index is 914. The predicted molar refractivity (Wildman–Crippen MR) is 102 cm³/mol. The van der Waals surface area contributed by atoms with Crippen LogP contribution in [0.3, 0.4) is 0 Å². The highest BCUT2D eigenvalue weighted by molar-refractivity contribution is 7.98. The van der Waals surface area contributed by atoms with Gasteiger partial charge in [0.05, 0.1) is 16.3 Å². The summed E-state index contributed by atoms with van der Waals surface area (Å²) < 4.78 is 0. The maximum absolute atomic E-state index is 5.95. The van der Waals surface area contributed by atoms with Crippen molar-refractivity contribution in [2.45, 2.75) is 19.0 Å². The Hall–Kier alpha value is -2.03. The summed E-state index contributed by atoms with van der Waals surface area (Å²) in [7, 11) is 0. The number of halogens is 1. The van der Waals surface area contributed by atoms with Crippen molar-refractivity contribution < 1.29 is 4.84 Å². The molecule has 0 saturated heterocycles. The van der Waals surface area contributed by atoms with E-state index in [9.17, 15) is 0 Å². The lowest BCUT2D eigenvalue weighted by Crippen LogP contribution is -1.99. The van der Waals surface area contributed by atoms with E-state index in [2.05, 4.69) is 25.1 Å². The number of hydrogen-bond donors (Lipinski definition) is 0. The Balaban J connectivity index is 1.83. The molecule has 0 saturated carbocycles. The van der Waals surface area contributed by atoms with Gasteiger partial charge in [0.1, 0.15) is 10.2 Å². The molecule has 6 nitrogen and oxygen atoms in total. The molecule has 0 aliphatic carbocycles. The Morgan fingerprint density at radius 3 is 2.88 bits per heavy atom. The summed E-state index contributed by atoms with van der Waals surface area (Å²) in [6, 6.07) is 5.39. The number of oxime groups is 1. The second kappa shape index (κ2) is 7.90. The second-order valence-electron chi connectivity index (χ2n) is 4.96. The lowest BCUT2D eigenvalue weighted by atomic mass is 10.3. The molecule has 0 N–H and O–H groups in total. The molecule has 0 fully saturated rings. The van der Waals surface area contributed by atoms with Crippen molar-refractivity contribution >= 4 is 40.4 Å². The molecule has 0 bridgehead atoms. The molecular formula is C16H14ClN5OS2. The van der Waals surface area contributed by atoms with Gasteiger partial charge in [-0.05, 0) is 32.2 Å². The molecule has 3 rings (SSSR count). The minimum atomic E-state index is 0.304. The van der Waals surface area contributed by atoms with E-state index >= 15 is 0 Å². The molecule has 0 aromatic carbocycles. The van der Waals surface area contributed by atoms with Crippen LogP contribution in [0.1, 0.15) is 17.5 Å². The lowest BCUT2D eigenvalue weighted by molar-refractivity contribution is 0.323. The fourth-order valence-electron chi connectivity index (χ4n) is 2.02. The van der Waals surface area contributed by atoms with Crippen LogP contribution in [-0.4, -0.2) is 31.9 Å². The van der Waals surface area contributed by atoms with Crippen molar-refractivity contribution in [2.75, 3.05) is 6.26 Å². The Labute approximate surface area is 158 Å². The molecule has 0 amide bonds. The van der Waals surface area contributed by atoms with E-state index in [0.717, 1.165) is 21.1 Å². The maximum atomic E-state index is 5.95. The van der Waals surface area contributed by atoms with Crippen LogP contribution in [0.5, 0.6) is 5.88 Å². The minimum Gasteiger partial charge on any atom is -0.336 e. The van der Waals surface area contributed by atoms with E-state index in [4.69, 9.17) is 16.4 Å². The van der Waals surface area contributed by atoms with Gasteiger partial charge < -0.3 is 4.84 Å². The number of hydrogen-bond acceptors (Lipinski definition) is 8. The SMILES string of the molecule is CSc1nc(Cl)cc(O/N=C(\C)c2sc(-c3cccnc3)nc2C)n1. The monoisotopic (exact) mass is 391 g/mol. The molecule has 9 heteroatoms. The first-order valence-corrected chi connectivity index (χ1v) is 9.67. The van der Waals surface area contributed by atoms with Gasteiger partial charge in [0.2, 0.25) is 0 Å². The zero-order valence-electron chi connectivity index (χ0n) is 13.7.